The summed E-state index contributed by atoms with van der Waals surface area (Å²) >= 11 is 0. The Bertz CT molecular complexity index is 384. The van der Waals surface area contributed by atoms with Crippen molar-refractivity contribution in [2.75, 3.05) is 40.9 Å². The van der Waals surface area contributed by atoms with Crippen LogP contribution in [0.15, 0.2) is 0 Å². The van der Waals surface area contributed by atoms with Crippen LogP contribution in [0.5, 0.6) is 0 Å². The number of aryl methyl sites for hydroxylation is 1. The van der Waals surface area contributed by atoms with Crippen LogP contribution in [0.4, 0.5) is 0 Å². The molecule has 0 saturated carbocycles. The standard InChI is InChI=1S/C13H25N5O/c1-14-9-12-13(11-5-8-19-10-11)18(16-15-12)7-4-6-17(2)3/h11,14H,4-10H2,1-3H3. The van der Waals surface area contributed by atoms with Crippen LogP contribution in [-0.2, 0) is 17.8 Å². The van der Waals surface area contributed by atoms with Crippen LogP contribution in [0.25, 0.3) is 0 Å². The first kappa shape index (κ1) is 14.4. The van der Waals surface area contributed by atoms with Gasteiger partial charge in [-0.3, -0.25) is 0 Å². The molecule has 0 aliphatic carbocycles. The molecule has 2 heterocycles. The molecule has 1 aliphatic heterocycles. The number of nitrogens with zero attached hydrogens (tertiary/aromatic N) is 4. The third-order valence-electron chi connectivity index (χ3n) is 3.48. The second kappa shape index (κ2) is 6.98. The van der Waals surface area contributed by atoms with Crippen molar-refractivity contribution < 1.29 is 4.74 Å². The predicted octanol–water partition coefficient (Wildman–Crippen LogP) is 0.453. The Morgan fingerprint density at radius 2 is 2.32 bits per heavy atom. The van der Waals surface area contributed by atoms with Crippen molar-refractivity contribution in [3.8, 4) is 0 Å². The Morgan fingerprint density at radius 3 is 2.95 bits per heavy atom. The molecule has 108 valence electrons. The van der Waals surface area contributed by atoms with Gasteiger partial charge in [-0.25, -0.2) is 4.68 Å². The molecular formula is C13H25N5O. The summed E-state index contributed by atoms with van der Waals surface area (Å²) in [6.45, 7) is 4.44. The number of aromatic nitrogens is 3. The van der Waals surface area contributed by atoms with Crippen molar-refractivity contribution in [1.29, 1.82) is 0 Å². The van der Waals surface area contributed by atoms with E-state index in [0.717, 1.165) is 51.4 Å². The first-order chi connectivity index (χ1) is 9.22. The Hall–Kier alpha value is -0.980. The van der Waals surface area contributed by atoms with Gasteiger partial charge in [0.1, 0.15) is 5.69 Å². The first-order valence-electron chi connectivity index (χ1n) is 7.01. The van der Waals surface area contributed by atoms with E-state index in [0.29, 0.717) is 5.92 Å². The van der Waals surface area contributed by atoms with Crippen LogP contribution < -0.4 is 5.32 Å². The van der Waals surface area contributed by atoms with E-state index in [9.17, 15) is 0 Å². The molecule has 6 nitrogen and oxygen atoms in total. The third kappa shape index (κ3) is 3.75. The van der Waals surface area contributed by atoms with E-state index in [-0.39, 0.29) is 0 Å². The van der Waals surface area contributed by atoms with Gasteiger partial charge in [0, 0.05) is 25.6 Å². The summed E-state index contributed by atoms with van der Waals surface area (Å²) in [4.78, 5) is 2.20. The quantitative estimate of drug-likeness (QED) is 0.777. The Balaban J connectivity index is 2.08. The molecule has 0 aromatic carbocycles. The van der Waals surface area contributed by atoms with Gasteiger partial charge in [0.05, 0.1) is 12.3 Å². The van der Waals surface area contributed by atoms with Crippen molar-refractivity contribution in [2.45, 2.75) is 31.8 Å². The lowest BCUT2D eigenvalue weighted by Gasteiger charge is -2.14. The van der Waals surface area contributed by atoms with E-state index < -0.39 is 0 Å². The Morgan fingerprint density at radius 1 is 1.47 bits per heavy atom. The SMILES string of the molecule is CNCc1nnn(CCCN(C)C)c1C1CCOC1. The smallest absolute Gasteiger partial charge is 0.100 e. The molecule has 19 heavy (non-hydrogen) atoms. The Kier molecular flexibility index (Phi) is 5.30. The van der Waals surface area contributed by atoms with Gasteiger partial charge in [-0.1, -0.05) is 5.21 Å². The number of ether oxygens (including phenoxy) is 1. The molecule has 1 unspecified atom stereocenters. The monoisotopic (exact) mass is 267 g/mol. The molecule has 0 radical (unpaired) electrons. The zero-order chi connectivity index (χ0) is 13.7. The van der Waals surface area contributed by atoms with Gasteiger partial charge in [0.15, 0.2) is 0 Å². The summed E-state index contributed by atoms with van der Waals surface area (Å²) in [7, 11) is 6.14. The number of rotatable bonds is 7. The highest BCUT2D eigenvalue weighted by atomic mass is 16.5. The lowest BCUT2D eigenvalue weighted by molar-refractivity contribution is 0.192. The maximum absolute atomic E-state index is 5.51. The maximum Gasteiger partial charge on any atom is 0.100 e. The van der Waals surface area contributed by atoms with Crippen molar-refractivity contribution in [2.24, 2.45) is 0 Å². The summed E-state index contributed by atoms with van der Waals surface area (Å²) < 4.78 is 7.59. The summed E-state index contributed by atoms with van der Waals surface area (Å²) in [5, 5.41) is 11.8. The fraction of sp³-hybridized carbons (Fsp3) is 0.846. The molecule has 1 atom stereocenters. The van der Waals surface area contributed by atoms with E-state index in [2.05, 4.69) is 39.3 Å². The molecule has 6 heteroatoms. The lowest BCUT2D eigenvalue weighted by atomic mass is 10.0. The van der Waals surface area contributed by atoms with Gasteiger partial charge in [0.25, 0.3) is 0 Å². The Labute approximate surface area is 115 Å². The summed E-state index contributed by atoms with van der Waals surface area (Å²) in [5.74, 6) is 0.456. The number of hydrogen-bond acceptors (Lipinski definition) is 5. The van der Waals surface area contributed by atoms with Gasteiger partial charge in [0.2, 0.25) is 0 Å². The van der Waals surface area contributed by atoms with Crippen LogP contribution in [0.2, 0.25) is 0 Å². The first-order valence-corrected chi connectivity index (χ1v) is 7.01. The highest BCUT2D eigenvalue weighted by Crippen LogP contribution is 2.27. The molecular weight excluding hydrogens is 242 g/mol. The van der Waals surface area contributed by atoms with Crippen molar-refractivity contribution in [1.82, 2.24) is 25.2 Å². The molecule has 1 aromatic rings. The van der Waals surface area contributed by atoms with Crippen molar-refractivity contribution in [3.05, 3.63) is 11.4 Å². The van der Waals surface area contributed by atoms with Crippen LogP contribution >= 0.6 is 0 Å². The van der Waals surface area contributed by atoms with E-state index in [1.54, 1.807) is 0 Å². The molecule has 0 amide bonds. The van der Waals surface area contributed by atoms with Crippen LogP contribution in [-0.4, -0.2) is 60.8 Å². The fourth-order valence-corrected chi connectivity index (χ4v) is 2.55. The van der Waals surface area contributed by atoms with E-state index in [1.165, 1.54) is 5.69 Å². The average Bonchev–Trinajstić information content (AvgIpc) is 2.98. The van der Waals surface area contributed by atoms with Gasteiger partial charge < -0.3 is 15.0 Å². The highest BCUT2D eigenvalue weighted by molar-refractivity contribution is 5.17. The molecule has 1 fully saturated rings. The minimum atomic E-state index is 0.456. The second-order valence-corrected chi connectivity index (χ2v) is 5.39. The van der Waals surface area contributed by atoms with Gasteiger partial charge in [-0.15, -0.1) is 5.10 Å². The van der Waals surface area contributed by atoms with E-state index in [1.807, 2.05) is 7.05 Å². The van der Waals surface area contributed by atoms with E-state index >= 15 is 0 Å². The van der Waals surface area contributed by atoms with Crippen molar-refractivity contribution in [3.63, 3.8) is 0 Å². The van der Waals surface area contributed by atoms with E-state index in [4.69, 9.17) is 4.74 Å². The summed E-state index contributed by atoms with van der Waals surface area (Å²) in [6.07, 6.45) is 2.17. The lowest BCUT2D eigenvalue weighted by Crippen LogP contribution is -2.18. The highest BCUT2D eigenvalue weighted by Gasteiger charge is 2.25. The molecule has 2 rings (SSSR count). The van der Waals surface area contributed by atoms with Crippen molar-refractivity contribution >= 4 is 0 Å². The zero-order valence-corrected chi connectivity index (χ0v) is 12.2. The summed E-state index contributed by atoms with van der Waals surface area (Å²) in [5.41, 5.74) is 2.34. The van der Waals surface area contributed by atoms with Crippen LogP contribution in [0.3, 0.4) is 0 Å². The molecule has 0 spiro atoms. The van der Waals surface area contributed by atoms with Crippen LogP contribution in [0.1, 0.15) is 30.1 Å². The predicted molar refractivity (Wildman–Crippen MR) is 74.1 cm³/mol. The summed E-state index contributed by atoms with van der Waals surface area (Å²) in [6, 6.07) is 0. The van der Waals surface area contributed by atoms with Gasteiger partial charge >= 0.3 is 0 Å². The molecule has 1 aromatic heterocycles. The molecule has 1 N–H and O–H groups in total. The topological polar surface area (TPSA) is 55.2 Å². The minimum absolute atomic E-state index is 0.456. The largest absolute Gasteiger partial charge is 0.381 e. The third-order valence-corrected chi connectivity index (χ3v) is 3.48. The molecule has 1 aliphatic rings. The maximum atomic E-state index is 5.51. The zero-order valence-electron chi connectivity index (χ0n) is 12.2. The van der Waals surface area contributed by atoms with Gasteiger partial charge in [-0.05, 0) is 40.5 Å². The van der Waals surface area contributed by atoms with Crippen LogP contribution in [0, 0.1) is 0 Å². The average molecular weight is 267 g/mol. The number of nitrogens with one attached hydrogen (secondary N) is 1. The molecule has 0 bridgehead atoms. The second-order valence-electron chi connectivity index (χ2n) is 5.39. The van der Waals surface area contributed by atoms with Gasteiger partial charge in [-0.2, -0.15) is 0 Å². The normalized spacial score (nSPS) is 19.5. The fourth-order valence-electron chi connectivity index (χ4n) is 2.55. The molecule has 1 saturated heterocycles. The number of hydrogen-bond donors (Lipinski definition) is 1. The minimum Gasteiger partial charge on any atom is -0.381 e.